The smallest absolute Gasteiger partial charge is 1.00 e. The summed E-state index contributed by atoms with van der Waals surface area (Å²) >= 11 is 0. The molecule has 3 saturated heterocycles. The van der Waals surface area contributed by atoms with E-state index in [9.17, 15) is 101 Å². The van der Waals surface area contributed by atoms with Crippen molar-refractivity contribution in [1.82, 2.24) is 30.7 Å². The van der Waals surface area contributed by atoms with Gasteiger partial charge in [-0.25, -0.2) is 0 Å². The van der Waals surface area contributed by atoms with Crippen molar-refractivity contribution >= 4 is 33.7 Å². The molecule has 0 aromatic heterocycles. The number of alkyl halides is 21. The second kappa shape index (κ2) is 56.1. The van der Waals surface area contributed by atoms with Gasteiger partial charge < -0.3 is 95.2 Å². The predicted octanol–water partition coefficient (Wildman–Crippen LogP) is 10.9. The molecular weight excluding hydrogens is 2200 g/mol. The van der Waals surface area contributed by atoms with Crippen LogP contribution in [0.1, 0.15) is 43.2 Å². The van der Waals surface area contributed by atoms with Crippen LogP contribution in [0.4, 0.5) is 109 Å². The maximum atomic E-state index is 13.7. The van der Waals surface area contributed by atoms with Crippen LogP contribution in [0, 0.1) is 11.3 Å². The van der Waals surface area contributed by atoms with Gasteiger partial charge in [0.2, 0.25) is 0 Å². The van der Waals surface area contributed by atoms with Gasteiger partial charge in [0.15, 0.2) is 17.2 Å². The summed E-state index contributed by atoms with van der Waals surface area (Å²) in [6.45, 7) is 14.6. The monoisotopic (exact) mass is 2290 g/mol. The minimum Gasteiger partial charge on any atom is -1.00 e. The Labute approximate surface area is 921 Å². The standard InChI is InChI=1S/C30H30F7N3O3.C29H28F7N3O3.C26H22F7NO6S.C4H10N2.C2H3N.CH2O3.2Cs.H2O.H/c1-38-11-13-39(14-12-38)15-16-40-25-10-4-9-24(20-5-2-8-23(17-20)43-30(35,36)37)27(25)41-19-26(40)21-6-3-7-22(18-21)42-29(33,34)28(31)32;30-27(31)28(32,33)41-21-6-2-5-20(17-21)25-18-40-26-23(19-4-1-7-22(16-19)42-29(34,35)36)8-3-9-24(26)39(25)15-14-38-12-10-37-11-13-38;1-41(35,36)38-12-11-34-21-10-4-9-20(16-5-2-8-19(13-16)40-26(31,32)33)23(21)37-15-22(34)17-6-3-7-18(14-17)39-25(29,30)24(27)28;1-2-6-4-3-5-1;1-2-3;2-1-4-3;;;;/h2-10,17-18,26,28H,11-16,19H2,1H3;1-9,16-17,25,27,37H,10-15,18H2;2-10,13-14,22,24H,11-12,15H2,1H3;5-6H,1-4H2;1H3;1,3H;;;1H2;/q;;;;;;2*+1;;-1/p-1. The molecule has 9 aromatic carbocycles. The number of nitriles is 1. The molecule has 3 unspecified atom stereocenters. The molecule has 0 saturated carbocycles. The number of carbonyl (C=O) groups excluding carboxylic acids is 1. The van der Waals surface area contributed by atoms with E-state index in [4.69, 9.17) is 33.7 Å². The van der Waals surface area contributed by atoms with Crippen LogP contribution in [0.15, 0.2) is 200 Å². The summed E-state index contributed by atoms with van der Waals surface area (Å²) in [5, 5.41) is 25.5. The number of nitrogens with zero attached hydrogens (tertiary/aromatic N) is 7. The van der Waals surface area contributed by atoms with E-state index in [2.05, 4.69) is 71.0 Å². The summed E-state index contributed by atoms with van der Waals surface area (Å²) in [5.41, 5.74) is 5.67. The van der Waals surface area contributed by atoms with Crippen molar-refractivity contribution in [2.45, 2.75) is 81.7 Å². The third kappa shape index (κ3) is 37.0. The van der Waals surface area contributed by atoms with Gasteiger partial charge in [-0.2, -0.15) is 66.4 Å². The van der Waals surface area contributed by atoms with Crippen LogP contribution in [0.5, 0.6) is 51.7 Å². The maximum absolute atomic E-state index is 13.7. The van der Waals surface area contributed by atoms with Crippen molar-refractivity contribution in [3.63, 3.8) is 0 Å². The third-order valence-corrected chi connectivity index (χ3v) is 21.9. The number of piperazine rings is 3. The third-order valence-electron chi connectivity index (χ3n) is 21.3. The summed E-state index contributed by atoms with van der Waals surface area (Å²) in [6, 6.07) is 47.9. The van der Waals surface area contributed by atoms with Gasteiger partial charge in [0.25, 0.3) is 16.6 Å². The number of hydrogen-bond acceptors (Lipinski definition) is 25. The average molecular weight is 2300 g/mol. The number of halogens is 21. The van der Waals surface area contributed by atoms with Gasteiger partial charge in [0, 0.05) is 135 Å². The van der Waals surface area contributed by atoms with Crippen molar-refractivity contribution in [2.24, 2.45) is 0 Å². The van der Waals surface area contributed by atoms with Crippen LogP contribution >= 0.6 is 0 Å². The summed E-state index contributed by atoms with van der Waals surface area (Å²) in [5.74, 6) is -1.46. The van der Waals surface area contributed by atoms with E-state index >= 15 is 0 Å². The molecule has 6 heterocycles. The van der Waals surface area contributed by atoms with Crippen LogP contribution in [0.2, 0.25) is 0 Å². The average Bonchev–Trinajstić information content (AvgIpc) is 0.770. The van der Waals surface area contributed by atoms with Gasteiger partial charge >= 0.3 is 194 Å². The molecule has 9 aromatic rings. The molecule has 142 heavy (non-hydrogen) atoms. The molecule has 3 fully saturated rings. The maximum Gasteiger partial charge on any atom is 1.00 e. The molecule has 50 heteroatoms. The normalized spacial score (nSPS) is 16.7. The first-order valence-corrected chi connectivity index (χ1v) is 44.3. The Morgan fingerprint density at radius 2 is 0.690 bits per heavy atom. The number of likely N-dealkylation sites (N-methyl/N-ethyl adjacent to an activating group) is 1. The number of hydrogen-bond donors (Lipinski definition) is 3. The Morgan fingerprint density at radius 3 is 0.965 bits per heavy atom. The topological polar surface area (TPSA) is 287 Å². The minimum absolute atomic E-state index is 0. The van der Waals surface area contributed by atoms with Crippen molar-refractivity contribution < 1.29 is 307 Å². The van der Waals surface area contributed by atoms with Gasteiger partial charge in [-0.05, 0) is 131 Å². The van der Waals surface area contributed by atoms with E-state index in [1.807, 2.05) is 21.9 Å². The molecular formula is C92H97Cs2F21N10O16S. The fourth-order valence-electron chi connectivity index (χ4n) is 15.2. The SMILES string of the molecule is C1CNCCN1.CC#N.CN1CCN(CCN2c3cccc(-c4cccc(OC(F)(F)F)c4)c3OCC2c2cccc(OC(F)(F)C(F)F)c2)CC1.CS(=O)(=O)OCCN1c2cccc(-c3cccc(OC(F)(F)F)c3)c2OCC1c1cccc(OC(F)(F)C(F)F)c1.FC(F)C(F)(F)Oc1cccc(C2COc3c(-c4cccc(OC(F)(F)F)c4)cccc3N2CCN2CCNCC2)c1.O.O=CO[O-].[Cs+].[Cs+].[H-]. The van der Waals surface area contributed by atoms with Gasteiger partial charge in [-0.3, -0.25) is 18.8 Å². The van der Waals surface area contributed by atoms with Crippen LogP contribution in [-0.4, -0.2) is 243 Å². The van der Waals surface area contributed by atoms with E-state index < -0.39 is 108 Å². The summed E-state index contributed by atoms with van der Waals surface area (Å²) in [7, 11) is -1.78. The molecule has 766 valence electrons. The summed E-state index contributed by atoms with van der Waals surface area (Å²) in [4.78, 5) is 23.8. The second-order valence-corrected chi connectivity index (χ2v) is 32.7. The Kier molecular flexibility index (Phi) is 47.7. The Hall–Kier alpha value is -8.24. The van der Waals surface area contributed by atoms with Gasteiger partial charge in [0.1, 0.15) is 54.3 Å². The van der Waals surface area contributed by atoms with E-state index in [0.717, 1.165) is 103 Å². The van der Waals surface area contributed by atoms with Crippen LogP contribution in [0.3, 0.4) is 0 Å². The molecule has 6 aliphatic heterocycles. The van der Waals surface area contributed by atoms with Crippen LogP contribution in [-0.2, 0) is 24.0 Å². The van der Waals surface area contributed by atoms with Crippen molar-refractivity contribution in [2.75, 3.05) is 166 Å². The fourth-order valence-corrected chi connectivity index (χ4v) is 15.6. The zero-order valence-electron chi connectivity index (χ0n) is 77.5. The second-order valence-electron chi connectivity index (χ2n) is 31.0. The first kappa shape index (κ1) is 121. The molecule has 5 N–H and O–H groups in total. The number of nitrogens with one attached hydrogen (secondary N) is 3. The molecule has 3 atom stereocenters. The number of para-hydroxylation sites is 3. The van der Waals surface area contributed by atoms with E-state index in [0.29, 0.717) is 105 Å². The zero-order chi connectivity index (χ0) is 101. The molecule has 0 amide bonds. The van der Waals surface area contributed by atoms with Gasteiger partial charge in [0.05, 0.1) is 54.1 Å². The molecule has 15 rings (SSSR count). The quantitative estimate of drug-likeness (QED) is 0.0129. The van der Waals surface area contributed by atoms with Crippen molar-refractivity contribution in [1.29, 1.82) is 5.26 Å². The van der Waals surface area contributed by atoms with E-state index in [1.165, 1.54) is 110 Å². The number of anilines is 3. The van der Waals surface area contributed by atoms with Crippen molar-refractivity contribution in [3.8, 4) is 91.2 Å². The zero-order valence-corrected chi connectivity index (χ0v) is 89.9. The molecule has 0 bridgehead atoms. The number of ether oxygens (including phenoxy) is 9. The number of fused-ring (bicyclic) bond motifs is 3. The molecule has 0 radical (unpaired) electrons. The fraction of sp³-hybridized carbons (Fsp3) is 0.391. The van der Waals surface area contributed by atoms with Gasteiger partial charge in [-0.15, -0.1) is 39.5 Å². The Balaban J connectivity index is 0.000000304. The summed E-state index contributed by atoms with van der Waals surface area (Å²) < 4.78 is 345. The number of benzene rings is 9. The molecule has 0 spiro atoms. The van der Waals surface area contributed by atoms with E-state index in [1.54, 1.807) is 77.7 Å². The molecule has 26 nitrogen and oxygen atoms in total. The Morgan fingerprint density at radius 1 is 0.423 bits per heavy atom. The molecule has 6 aliphatic rings. The van der Waals surface area contributed by atoms with Gasteiger partial charge in [-0.1, -0.05) is 109 Å². The minimum atomic E-state index is -4.91. The van der Waals surface area contributed by atoms with Crippen LogP contribution in [0.25, 0.3) is 33.4 Å². The predicted molar refractivity (Wildman–Crippen MR) is 469 cm³/mol. The Bertz CT molecular complexity index is 5600. The number of rotatable bonds is 29. The first-order chi connectivity index (χ1) is 65.8. The largest absolute Gasteiger partial charge is 1.00 e. The molecule has 0 aliphatic carbocycles. The van der Waals surface area contributed by atoms with Crippen LogP contribution < -0.4 is 216 Å². The van der Waals surface area contributed by atoms with E-state index in [-0.39, 0.29) is 201 Å². The summed E-state index contributed by atoms with van der Waals surface area (Å²) in [6.07, 6.45) is -39.9. The number of carbonyl (C=O) groups is 1. The first-order valence-electron chi connectivity index (χ1n) is 42.5. The van der Waals surface area contributed by atoms with Crippen molar-refractivity contribution in [3.05, 3.63) is 217 Å².